The van der Waals surface area contributed by atoms with Crippen LogP contribution in [0.2, 0.25) is 0 Å². The molecule has 0 spiro atoms. The molecular weight excluding hydrogens is 192 g/mol. The third kappa shape index (κ3) is 1.96. The van der Waals surface area contributed by atoms with Gasteiger partial charge in [0.25, 0.3) is 0 Å². The summed E-state index contributed by atoms with van der Waals surface area (Å²) in [5.41, 5.74) is -1.00. The Kier molecular flexibility index (Phi) is 3.66. The lowest BCUT2D eigenvalue weighted by atomic mass is 9.66. The number of carbonyl (C=O) groups is 2. The summed E-state index contributed by atoms with van der Waals surface area (Å²) in [5.74, 6) is -0.505. The predicted octanol–water partition coefficient (Wildman–Crippen LogP) is 2.11. The summed E-state index contributed by atoms with van der Waals surface area (Å²) in [5, 5.41) is 0. The molecule has 0 unspecified atom stereocenters. The largest absolute Gasteiger partial charge is 0.465 e. The van der Waals surface area contributed by atoms with Crippen LogP contribution in [0.3, 0.4) is 0 Å². The van der Waals surface area contributed by atoms with Crippen LogP contribution in [0.5, 0.6) is 0 Å². The SMILES string of the molecule is C=C[C@H]1CCCC(=O)[C@@]1(C)C(=O)OCC. The van der Waals surface area contributed by atoms with Gasteiger partial charge in [0, 0.05) is 6.42 Å². The van der Waals surface area contributed by atoms with E-state index in [-0.39, 0.29) is 11.7 Å². The number of hydrogen-bond acceptors (Lipinski definition) is 3. The average Bonchev–Trinajstić information content (AvgIpc) is 2.22. The first-order valence-corrected chi connectivity index (χ1v) is 5.40. The molecule has 0 aromatic rings. The minimum Gasteiger partial charge on any atom is -0.465 e. The van der Waals surface area contributed by atoms with Gasteiger partial charge in [-0.05, 0) is 32.6 Å². The number of rotatable bonds is 3. The first-order chi connectivity index (χ1) is 7.07. The second kappa shape index (κ2) is 4.60. The van der Waals surface area contributed by atoms with Crippen molar-refractivity contribution in [3.8, 4) is 0 Å². The molecule has 1 saturated carbocycles. The fourth-order valence-corrected chi connectivity index (χ4v) is 2.14. The molecule has 1 fully saturated rings. The van der Waals surface area contributed by atoms with Crippen molar-refractivity contribution < 1.29 is 14.3 Å². The van der Waals surface area contributed by atoms with Crippen LogP contribution in [0.1, 0.15) is 33.1 Å². The van der Waals surface area contributed by atoms with Gasteiger partial charge in [0.1, 0.15) is 5.41 Å². The molecule has 0 aliphatic heterocycles. The van der Waals surface area contributed by atoms with Crippen molar-refractivity contribution in [1.29, 1.82) is 0 Å². The van der Waals surface area contributed by atoms with E-state index in [9.17, 15) is 9.59 Å². The Morgan fingerprint density at radius 2 is 2.40 bits per heavy atom. The molecular formula is C12H18O3. The molecule has 0 saturated heterocycles. The lowest BCUT2D eigenvalue weighted by molar-refractivity contribution is -0.163. The molecule has 1 aliphatic carbocycles. The van der Waals surface area contributed by atoms with Crippen molar-refractivity contribution in [3.05, 3.63) is 12.7 Å². The topological polar surface area (TPSA) is 43.4 Å². The van der Waals surface area contributed by atoms with Crippen molar-refractivity contribution >= 4 is 11.8 Å². The molecule has 84 valence electrons. The Morgan fingerprint density at radius 3 is 2.93 bits per heavy atom. The first kappa shape index (κ1) is 12.0. The van der Waals surface area contributed by atoms with Crippen LogP contribution in [0.25, 0.3) is 0 Å². The Balaban J connectivity index is 2.96. The van der Waals surface area contributed by atoms with Gasteiger partial charge in [-0.3, -0.25) is 9.59 Å². The maximum absolute atomic E-state index is 11.9. The zero-order valence-corrected chi connectivity index (χ0v) is 9.41. The van der Waals surface area contributed by atoms with E-state index in [4.69, 9.17) is 4.74 Å². The number of carbonyl (C=O) groups excluding carboxylic acids is 2. The maximum atomic E-state index is 11.9. The van der Waals surface area contributed by atoms with E-state index >= 15 is 0 Å². The normalized spacial score (nSPS) is 31.1. The van der Waals surface area contributed by atoms with Crippen molar-refractivity contribution in [2.75, 3.05) is 6.61 Å². The fourth-order valence-electron chi connectivity index (χ4n) is 2.14. The van der Waals surface area contributed by atoms with Crippen molar-refractivity contribution in [1.82, 2.24) is 0 Å². The second-order valence-electron chi connectivity index (χ2n) is 4.08. The summed E-state index contributed by atoms with van der Waals surface area (Å²) in [6, 6.07) is 0. The van der Waals surface area contributed by atoms with Gasteiger partial charge in [-0.15, -0.1) is 6.58 Å². The number of Topliss-reactive ketones (excluding diaryl/α,β-unsaturated/α-hetero) is 1. The zero-order valence-electron chi connectivity index (χ0n) is 9.41. The number of esters is 1. The lowest BCUT2D eigenvalue weighted by Crippen LogP contribution is -2.46. The van der Waals surface area contributed by atoms with Crippen LogP contribution in [-0.4, -0.2) is 18.4 Å². The van der Waals surface area contributed by atoms with Crippen LogP contribution >= 0.6 is 0 Å². The smallest absolute Gasteiger partial charge is 0.319 e. The van der Waals surface area contributed by atoms with E-state index < -0.39 is 11.4 Å². The summed E-state index contributed by atoms with van der Waals surface area (Å²) in [4.78, 5) is 23.7. The first-order valence-electron chi connectivity index (χ1n) is 5.40. The van der Waals surface area contributed by atoms with Gasteiger partial charge >= 0.3 is 5.97 Å². The Morgan fingerprint density at radius 1 is 1.73 bits per heavy atom. The van der Waals surface area contributed by atoms with Crippen molar-refractivity contribution in [3.63, 3.8) is 0 Å². The molecule has 0 radical (unpaired) electrons. The van der Waals surface area contributed by atoms with Gasteiger partial charge in [-0.25, -0.2) is 0 Å². The van der Waals surface area contributed by atoms with Gasteiger partial charge in [0.05, 0.1) is 6.61 Å². The number of ether oxygens (including phenoxy) is 1. The van der Waals surface area contributed by atoms with Crippen LogP contribution in [0, 0.1) is 11.3 Å². The van der Waals surface area contributed by atoms with E-state index in [0.717, 1.165) is 12.8 Å². The highest BCUT2D eigenvalue weighted by Gasteiger charge is 2.49. The third-order valence-corrected chi connectivity index (χ3v) is 3.22. The second-order valence-corrected chi connectivity index (χ2v) is 4.08. The van der Waals surface area contributed by atoms with Crippen molar-refractivity contribution in [2.45, 2.75) is 33.1 Å². The quantitative estimate of drug-likeness (QED) is 0.407. The summed E-state index contributed by atoms with van der Waals surface area (Å²) in [6.07, 6.45) is 3.85. The van der Waals surface area contributed by atoms with Crippen LogP contribution in [0.15, 0.2) is 12.7 Å². The van der Waals surface area contributed by atoms with Gasteiger partial charge in [-0.1, -0.05) is 6.08 Å². The van der Waals surface area contributed by atoms with Crippen molar-refractivity contribution in [2.24, 2.45) is 11.3 Å². The Labute approximate surface area is 90.5 Å². The van der Waals surface area contributed by atoms with Gasteiger partial charge in [0.2, 0.25) is 0 Å². The van der Waals surface area contributed by atoms with E-state index in [1.54, 1.807) is 19.9 Å². The monoisotopic (exact) mass is 210 g/mol. The summed E-state index contributed by atoms with van der Waals surface area (Å²) in [6.45, 7) is 7.43. The molecule has 1 aliphatic rings. The molecule has 15 heavy (non-hydrogen) atoms. The van der Waals surface area contributed by atoms with E-state index in [2.05, 4.69) is 6.58 Å². The van der Waals surface area contributed by atoms with Crippen LogP contribution in [-0.2, 0) is 14.3 Å². The Hall–Kier alpha value is -1.12. The standard InChI is InChI=1S/C12H18O3/c1-4-9-7-6-8-10(13)12(9,3)11(14)15-5-2/h4,9H,1,5-8H2,2-3H3/t9-,12-/m0/s1. The highest BCUT2D eigenvalue weighted by Crippen LogP contribution is 2.40. The molecule has 0 amide bonds. The molecule has 0 aromatic heterocycles. The number of allylic oxidation sites excluding steroid dienone is 1. The molecule has 0 heterocycles. The maximum Gasteiger partial charge on any atom is 0.319 e. The minimum absolute atomic E-state index is 0.0166. The molecule has 0 aromatic carbocycles. The highest BCUT2D eigenvalue weighted by atomic mass is 16.5. The minimum atomic E-state index is -1.00. The summed E-state index contributed by atoms with van der Waals surface area (Å²) in [7, 11) is 0. The van der Waals surface area contributed by atoms with E-state index in [1.807, 2.05) is 0 Å². The molecule has 2 atom stereocenters. The molecule has 0 bridgehead atoms. The summed E-state index contributed by atoms with van der Waals surface area (Å²) >= 11 is 0. The number of hydrogen-bond donors (Lipinski definition) is 0. The predicted molar refractivity (Wildman–Crippen MR) is 57.3 cm³/mol. The third-order valence-electron chi connectivity index (χ3n) is 3.22. The molecule has 3 heteroatoms. The van der Waals surface area contributed by atoms with Gasteiger partial charge in [0.15, 0.2) is 5.78 Å². The highest BCUT2D eigenvalue weighted by molar-refractivity contribution is 6.04. The lowest BCUT2D eigenvalue weighted by Gasteiger charge is -2.35. The van der Waals surface area contributed by atoms with Gasteiger partial charge < -0.3 is 4.74 Å². The number of ketones is 1. The fraction of sp³-hybridized carbons (Fsp3) is 0.667. The van der Waals surface area contributed by atoms with Crippen LogP contribution < -0.4 is 0 Å². The summed E-state index contributed by atoms with van der Waals surface area (Å²) < 4.78 is 4.98. The molecule has 3 nitrogen and oxygen atoms in total. The molecule has 0 N–H and O–H groups in total. The van der Waals surface area contributed by atoms with E-state index in [0.29, 0.717) is 13.0 Å². The average molecular weight is 210 g/mol. The van der Waals surface area contributed by atoms with Gasteiger partial charge in [-0.2, -0.15) is 0 Å². The van der Waals surface area contributed by atoms with Crippen LogP contribution in [0.4, 0.5) is 0 Å². The van der Waals surface area contributed by atoms with E-state index in [1.165, 1.54) is 0 Å². The molecule has 1 rings (SSSR count). The zero-order chi connectivity index (χ0) is 11.5. The Bertz CT molecular complexity index is 283.